The number of hydrogen-bond acceptors (Lipinski definition) is 6. The van der Waals surface area contributed by atoms with Gasteiger partial charge in [0.15, 0.2) is 5.13 Å². The molecule has 1 fully saturated rings. The molecule has 9 heteroatoms. The van der Waals surface area contributed by atoms with E-state index in [-0.39, 0.29) is 5.91 Å². The standard InChI is InChI=1S/C22H25N7OS/c1-4-29-13-17(20(26-29)15-10-23-28(3)12-15)21(30)25-22-24-18-8-5-14(9-19(18)31-22)11-27(2)16-6-7-16/h5,8-10,12-13,16H,4,6-7,11H2,1-3H3,(H,24,25,30). The van der Waals surface area contributed by atoms with Crippen molar-refractivity contribution in [2.24, 2.45) is 7.05 Å². The lowest BCUT2D eigenvalue weighted by molar-refractivity contribution is 0.102. The normalized spacial score (nSPS) is 13.9. The molecule has 160 valence electrons. The minimum atomic E-state index is -0.216. The molecule has 0 atom stereocenters. The number of hydrogen-bond donors (Lipinski definition) is 1. The average Bonchev–Trinajstić information content (AvgIpc) is 3.17. The van der Waals surface area contributed by atoms with Crippen molar-refractivity contribution >= 4 is 32.6 Å². The van der Waals surface area contributed by atoms with Gasteiger partial charge in [0, 0.05) is 44.1 Å². The predicted octanol–water partition coefficient (Wildman–Crippen LogP) is 3.76. The summed E-state index contributed by atoms with van der Waals surface area (Å²) in [5, 5.41) is 12.3. The Kier molecular flexibility index (Phi) is 5.07. The van der Waals surface area contributed by atoms with E-state index in [1.165, 1.54) is 29.7 Å². The number of thiazole rings is 1. The Morgan fingerprint density at radius 3 is 2.87 bits per heavy atom. The first kappa shape index (κ1) is 19.9. The second-order valence-electron chi connectivity index (χ2n) is 8.07. The van der Waals surface area contributed by atoms with E-state index in [2.05, 4.69) is 44.6 Å². The first-order chi connectivity index (χ1) is 15.0. The second kappa shape index (κ2) is 7.90. The quantitative estimate of drug-likeness (QED) is 0.478. The van der Waals surface area contributed by atoms with E-state index in [1.807, 2.05) is 26.2 Å². The Bertz CT molecular complexity index is 1250. The van der Waals surface area contributed by atoms with Gasteiger partial charge in [0.2, 0.25) is 0 Å². The van der Waals surface area contributed by atoms with Crippen LogP contribution in [0.5, 0.6) is 0 Å². The van der Waals surface area contributed by atoms with Crippen LogP contribution < -0.4 is 5.32 Å². The molecule has 4 aromatic rings. The Morgan fingerprint density at radius 2 is 2.16 bits per heavy atom. The SMILES string of the molecule is CCn1cc(C(=O)Nc2nc3ccc(CN(C)C4CC4)cc3s2)c(-c2cnn(C)c2)n1. The molecule has 8 nitrogen and oxygen atoms in total. The topological polar surface area (TPSA) is 80.9 Å². The maximum absolute atomic E-state index is 13.1. The molecule has 1 saturated carbocycles. The van der Waals surface area contributed by atoms with E-state index in [9.17, 15) is 4.79 Å². The monoisotopic (exact) mass is 435 g/mol. The van der Waals surface area contributed by atoms with Gasteiger partial charge in [-0.25, -0.2) is 4.98 Å². The molecular formula is C22H25N7OS. The van der Waals surface area contributed by atoms with E-state index in [1.54, 1.807) is 21.8 Å². The van der Waals surface area contributed by atoms with Gasteiger partial charge >= 0.3 is 0 Å². The second-order valence-corrected chi connectivity index (χ2v) is 9.10. The van der Waals surface area contributed by atoms with Crippen molar-refractivity contribution in [3.05, 3.63) is 47.9 Å². The van der Waals surface area contributed by atoms with Crippen molar-refractivity contribution in [1.29, 1.82) is 0 Å². The number of benzene rings is 1. The number of aromatic nitrogens is 5. The summed E-state index contributed by atoms with van der Waals surface area (Å²) >= 11 is 1.50. The summed E-state index contributed by atoms with van der Waals surface area (Å²) in [6, 6.07) is 7.06. The highest BCUT2D eigenvalue weighted by atomic mass is 32.1. The number of carbonyl (C=O) groups excluding carboxylic acids is 1. The summed E-state index contributed by atoms with van der Waals surface area (Å²) < 4.78 is 4.54. The number of nitrogens with zero attached hydrogens (tertiary/aromatic N) is 6. The van der Waals surface area contributed by atoms with Crippen LogP contribution in [0.25, 0.3) is 21.5 Å². The van der Waals surface area contributed by atoms with Crippen LogP contribution in [-0.4, -0.2) is 48.4 Å². The summed E-state index contributed by atoms with van der Waals surface area (Å²) in [4.78, 5) is 20.1. The van der Waals surface area contributed by atoms with Crippen molar-refractivity contribution in [2.75, 3.05) is 12.4 Å². The molecule has 1 aliphatic rings. The van der Waals surface area contributed by atoms with Gasteiger partial charge in [0.05, 0.1) is 22.0 Å². The number of aryl methyl sites for hydroxylation is 2. The summed E-state index contributed by atoms with van der Waals surface area (Å²) in [6.07, 6.45) is 7.95. The largest absolute Gasteiger partial charge is 0.299 e. The summed E-state index contributed by atoms with van der Waals surface area (Å²) in [5.74, 6) is -0.216. The summed E-state index contributed by atoms with van der Waals surface area (Å²) in [7, 11) is 4.02. The minimum absolute atomic E-state index is 0.216. The first-order valence-corrected chi connectivity index (χ1v) is 11.3. The van der Waals surface area contributed by atoms with Gasteiger partial charge < -0.3 is 0 Å². The number of fused-ring (bicyclic) bond motifs is 1. The van der Waals surface area contributed by atoms with Crippen molar-refractivity contribution in [3.63, 3.8) is 0 Å². The smallest absolute Gasteiger partial charge is 0.261 e. The molecule has 0 aliphatic heterocycles. The van der Waals surface area contributed by atoms with Crippen molar-refractivity contribution in [1.82, 2.24) is 29.4 Å². The van der Waals surface area contributed by atoms with E-state index in [0.29, 0.717) is 22.9 Å². The number of nitrogens with one attached hydrogen (secondary N) is 1. The third-order valence-electron chi connectivity index (χ3n) is 5.58. The average molecular weight is 436 g/mol. The van der Waals surface area contributed by atoms with Gasteiger partial charge in [0.1, 0.15) is 5.69 Å². The van der Waals surface area contributed by atoms with Crippen LogP contribution in [-0.2, 0) is 20.1 Å². The van der Waals surface area contributed by atoms with Crippen LogP contribution >= 0.6 is 11.3 Å². The molecule has 5 rings (SSSR count). The third-order valence-corrected chi connectivity index (χ3v) is 6.52. The van der Waals surface area contributed by atoms with Crippen LogP contribution in [0.2, 0.25) is 0 Å². The molecule has 1 amide bonds. The zero-order valence-electron chi connectivity index (χ0n) is 17.9. The first-order valence-electron chi connectivity index (χ1n) is 10.5. The molecule has 1 N–H and O–H groups in total. The van der Waals surface area contributed by atoms with Crippen molar-refractivity contribution < 1.29 is 4.79 Å². The Labute approximate surface area is 184 Å². The molecular weight excluding hydrogens is 410 g/mol. The highest BCUT2D eigenvalue weighted by Crippen LogP contribution is 2.30. The molecule has 0 bridgehead atoms. The Balaban J connectivity index is 1.38. The van der Waals surface area contributed by atoms with Crippen molar-refractivity contribution in [3.8, 4) is 11.3 Å². The lowest BCUT2D eigenvalue weighted by Crippen LogP contribution is -2.19. The maximum atomic E-state index is 13.1. The van der Waals surface area contributed by atoms with E-state index in [0.717, 1.165) is 28.4 Å². The molecule has 3 heterocycles. The van der Waals surface area contributed by atoms with Crippen molar-refractivity contribution in [2.45, 2.75) is 38.9 Å². The molecule has 1 aliphatic carbocycles. The highest BCUT2D eigenvalue weighted by molar-refractivity contribution is 7.22. The lowest BCUT2D eigenvalue weighted by Gasteiger charge is -2.15. The van der Waals surface area contributed by atoms with Gasteiger partial charge in [-0.1, -0.05) is 17.4 Å². The van der Waals surface area contributed by atoms with E-state index >= 15 is 0 Å². The van der Waals surface area contributed by atoms with Crippen LogP contribution in [0.4, 0.5) is 5.13 Å². The van der Waals surface area contributed by atoms with Gasteiger partial charge in [-0.2, -0.15) is 10.2 Å². The molecule has 0 unspecified atom stereocenters. The number of anilines is 1. The van der Waals surface area contributed by atoms with E-state index in [4.69, 9.17) is 0 Å². The summed E-state index contributed by atoms with van der Waals surface area (Å²) in [5.41, 5.74) is 4.12. The predicted molar refractivity (Wildman–Crippen MR) is 122 cm³/mol. The fraction of sp³-hybridized carbons (Fsp3) is 0.364. The van der Waals surface area contributed by atoms with Gasteiger partial charge in [-0.3, -0.25) is 24.4 Å². The Morgan fingerprint density at radius 1 is 1.32 bits per heavy atom. The van der Waals surface area contributed by atoms with Crippen LogP contribution in [0, 0.1) is 0 Å². The molecule has 31 heavy (non-hydrogen) atoms. The Hall–Kier alpha value is -3.04. The molecule has 0 spiro atoms. The van der Waals surface area contributed by atoms with Crippen LogP contribution in [0.1, 0.15) is 35.7 Å². The lowest BCUT2D eigenvalue weighted by atomic mass is 10.1. The fourth-order valence-corrected chi connectivity index (χ4v) is 4.65. The third kappa shape index (κ3) is 4.11. The molecule has 3 aromatic heterocycles. The molecule has 0 radical (unpaired) electrons. The number of carbonyl (C=O) groups is 1. The van der Waals surface area contributed by atoms with Gasteiger partial charge in [-0.05, 0) is 44.5 Å². The summed E-state index contributed by atoms with van der Waals surface area (Å²) in [6.45, 7) is 3.61. The molecule has 1 aromatic carbocycles. The number of rotatable bonds is 7. The maximum Gasteiger partial charge on any atom is 0.261 e. The minimum Gasteiger partial charge on any atom is -0.299 e. The van der Waals surface area contributed by atoms with Crippen LogP contribution in [0.15, 0.2) is 36.8 Å². The molecule has 0 saturated heterocycles. The number of amides is 1. The van der Waals surface area contributed by atoms with Gasteiger partial charge in [0.25, 0.3) is 5.91 Å². The highest BCUT2D eigenvalue weighted by Gasteiger charge is 2.26. The van der Waals surface area contributed by atoms with Crippen LogP contribution in [0.3, 0.4) is 0 Å². The van der Waals surface area contributed by atoms with Gasteiger partial charge in [-0.15, -0.1) is 0 Å². The zero-order chi connectivity index (χ0) is 21.5. The fourth-order valence-electron chi connectivity index (χ4n) is 3.72. The van der Waals surface area contributed by atoms with E-state index < -0.39 is 0 Å². The zero-order valence-corrected chi connectivity index (χ0v) is 18.7.